The van der Waals surface area contributed by atoms with E-state index in [1.807, 2.05) is 6.07 Å². The zero-order valence-electron chi connectivity index (χ0n) is 8.22. The molecule has 1 aromatic rings. The van der Waals surface area contributed by atoms with Gasteiger partial charge in [-0.15, -0.1) is 0 Å². The molecule has 0 aromatic carbocycles. The Morgan fingerprint density at radius 2 is 2.53 bits per heavy atom. The third-order valence-corrected chi connectivity index (χ3v) is 1.63. The van der Waals surface area contributed by atoms with Gasteiger partial charge in [0.2, 0.25) is 5.91 Å². The van der Waals surface area contributed by atoms with Crippen molar-refractivity contribution >= 4 is 12.0 Å². The summed E-state index contributed by atoms with van der Waals surface area (Å²) in [6, 6.07) is 3.67. The highest BCUT2D eigenvalue weighted by Crippen LogP contribution is 1.97. The molecule has 0 unspecified atom stereocenters. The number of pyridine rings is 1. The lowest BCUT2D eigenvalue weighted by Crippen LogP contribution is -2.26. The monoisotopic (exact) mass is 207 g/mol. The smallest absolute Gasteiger partial charge is 0.244 e. The molecule has 0 fully saturated rings. The van der Waals surface area contributed by atoms with Gasteiger partial charge in [0.15, 0.2) is 0 Å². The number of carbonyl (C=O) groups is 1. The summed E-state index contributed by atoms with van der Waals surface area (Å²) in [5.74, 6) is 4.62. The SMILES string of the molecule is NOCCNC(=O)/C=C/c1cccnc1. The third-order valence-electron chi connectivity index (χ3n) is 1.63. The van der Waals surface area contributed by atoms with Crippen molar-refractivity contribution in [1.82, 2.24) is 10.3 Å². The maximum absolute atomic E-state index is 11.2. The molecule has 0 radical (unpaired) electrons. The van der Waals surface area contributed by atoms with E-state index in [9.17, 15) is 4.79 Å². The number of nitrogens with two attached hydrogens (primary N) is 1. The number of hydrogen-bond acceptors (Lipinski definition) is 4. The molecule has 1 heterocycles. The van der Waals surface area contributed by atoms with Crippen molar-refractivity contribution in [3.8, 4) is 0 Å². The molecular weight excluding hydrogens is 194 g/mol. The molecule has 0 bridgehead atoms. The highest BCUT2D eigenvalue weighted by atomic mass is 16.6. The van der Waals surface area contributed by atoms with Crippen LogP contribution in [0, 0.1) is 0 Å². The number of carbonyl (C=O) groups excluding carboxylic acids is 1. The molecule has 1 amide bonds. The number of nitrogens with one attached hydrogen (secondary N) is 1. The lowest BCUT2D eigenvalue weighted by molar-refractivity contribution is -0.116. The first-order valence-corrected chi connectivity index (χ1v) is 4.50. The van der Waals surface area contributed by atoms with Gasteiger partial charge in [-0.3, -0.25) is 9.78 Å². The molecule has 5 nitrogen and oxygen atoms in total. The van der Waals surface area contributed by atoms with Crippen LogP contribution in [0.15, 0.2) is 30.6 Å². The molecule has 0 spiro atoms. The summed E-state index contributed by atoms with van der Waals surface area (Å²) in [5, 5.41) is 2.60. The number of nitrogens with zero attached hydrogens (tertiary/aromatic N) is 1. The molecule has 0 atom stereocenters. The summed E-state index contributed by atoms with van der Waals surface area (Å²) < 4.78 is 0. The second-order valence-corrected chi connectivity index (χ2v) is 2.78. The van der Waals surface area contributed by atoms with Gasteiger partial charge >= 0.3 is 0 Å². The first kappa shape index (κ1) is 11.4. The van der Waals surface area contributed by atoms with E-state index in [0.717, 1.165) is 5.56 Å². The van der Waals surface area contributed by atoms with Crippen LogP contribution in [-0.2, 0) is 9.63 Å². The second-order valence-electron chi connectivity index (χ2n) is 2.78. The van der Waals surface area contributed by atoms with Crippen LogP contribution >= 0.6 is 0 Å². The third kappa shape index (κ3) is 4.90. The number of hydrogen-bond donors (Lipinski definition) is 2. The summed E-state index contributed by atoms with van der Waals surface area (Å²) >= 11 is 0. The number of aromatic nitrogens is 1. The van der Waals surface area contributed by atoms with Crippen LogP contribution in [0.3, 0.4) is 0 Å². The molecule has 0 aliphatic carbocycles. The molecule has 0 aliphatic rings. The van der Waals surface area contributed by atoms with Gasteiger partial charge in [0, 0.05) is 25.0 Å². The fourth-order valence-corrected chi connectivity index (χ4v) is 0.939. The fraction of sp³-hybridized carbons (Fsp3) is 0.200. The van der Waals surface area contributed by atoms with Crippen LogP contribution in [0.5, 0.6) is 0 Å². The first-order valence-electron chi connectivity index (χ1n) is 4.50. The average Bonchev–Trinajstić information content (AvgIpc) is 2.28. The van der Waals surface area contributed by atoms with Crippen molar-refractivity contribution in [2.24, 2.45) is 5.90 Å². The van der Waals surface area contributed by atoms with E-state index in [0.29, 0.717) is 13.2 Å². The van der Waals surface area contributed by atoms with Crippen LogP contribution in [0.25, 0.3) is 6.08 Å². The molecule has 5 heteroatoms. The zero-order valence-corrected chi connectivity index (χ0v) is 8.22. The van der Waals surface area contributed by atoms with E-state index in [-0.39, 0.29) is 5.91 Å². The average molecular weight is 207 g/mol. The van der Waals surface area contributed by atoms with Gasteiger partial charge in [0.1, 0.15) is 0 Å². The van der Waals surface area contributed by atoms with Gasteiger partial charge in [-0.25, -0.2) is 5.90 Å². The van der Waals surface area contributed by atoms with Crippen LogP contribution < -0.4 is 11.2 Å². The van der Waals surface area contributed by atoms with E-state index in [1.165, 1.54) is 6.08 Å². The van der Waals surface area contributed by atoms with Crippen LogP contribution in [0.1, 0.15) is 5.56 Å². The molecule has 3 N–H and O–H groups in total. The van der Waals surface area contributed by atoms with Crippen molar-refractivity contribution in [1.29, 1.82) is 0 Å². The van der Waals surface area contributed by atoms with E-state index in [4.69, 9.17) is 5.90 Å². The number of amides is 1. The second kappa shape index (κ2) is 6.69. The Kier molecular flexibility index (Phi) is 5.07. The predicted molar refractivity (Wildman–Crippen MR) is 56.4 cm³/mol. The lowest BCUT2D eigenvalue weighted by atomic mass is 10.2. The van der Waals surface area contributed by atoms with Crippen LogP contribution in [-0.4, -0.2) is 24.0 Å². The Morgan fingerprint density at radius 3 is 3.20 bits per heavy atom. The van der Waals surface area contributed by atoms with Crippen molar-refractivity contribution in [3.05, 3.63) is 36.2 Å². The molecule has 15 heavy (non-hydrogen) atoms. The normalized spacial score (nSPS) is 10.5. The Balaban J connectivity index is 2.34. The van der Waals surface area contributed by atoms with Gasteiger partial charge in [0.05, 0.1) is 6.61 Å². The fourth-order valence-electron chi connectivity index (χ4n) is 0.939. The van der Waals surface area contributed by atoms with E-state index >= 15 is 0 Å². The zero-order chi connectivity index (χ0) is 10.9. The summed E-state index contributed by atoms with van der Waals surface area (Å²) in [7, 11) is 0. The summed E-state index contributed by atoms with van der Waals surface area (Å²) in [6.07, 6.45) is 6.47. The molecule has 0 aliphatic heterocycles. The molecule has 1 rings (SSSR count). The molecule has 1 aromatic heterocycles. The molecule has 0 saturated carbocycles. The Labute approximate surface area is 87.9 Å². The topological polar surface area (TPSA) is 77.2 Å². The van der Waals surface area contributed by atoms with Gasteiger partial charge in [-0.1, -0.05) is 6.07 Å². The summed E-state index contributed by atoms with van der Waals surface area (Å²) in [4.78, 5) is 19.4. The summed E-state index contributed by atoms with van der Waals surface area (Å²) in [6.45, 7) is 0.694. The highest BCUT2D eigenvalue weighted by molar-refractivity contribution is 5.91. The quantitative estimate of drug-likeness (QED) is 0.408. The van der Waals surface area contributed by atoms with Gasteiger partial charge in [0.25, 0.3) is 0 Å². The minimum absolute atomic E-state index is 0.184. The minimum atomic E-state index is -0.184. The van der Waals surface area contributed by atoms with Gasteiger partial charge in [-0.05, 0) is 17.7 Å². The highest BCUT2D eigenvalue weighted by Gasteiger charge is 1.93. The van der Waals surface area contributed by atoms with E-state index in [1.54, 1.807) is 24.5 Å². The van der Waals surface area contributed by atoms with Gasteiger partial charge in [-0.2, -0.15) is 0 Å². The standard InChI is InChI=1S/C10H13N3O2/c11-15-7-6-13-10(14)4-3-9-2-1-5-12-8-9/h1-5,8H,6-7,11H2,(H,13,14)/b4-3+. The molecular formula is C10H13N3O2. The Hall–Kier alpha value is -1.72. The van der Waals surface area contributed by atoms with Crippen LogP contribution in [0.2, 0.25) is 0 Å². The number of rotatable bonds is 5. The van der Waals surface area contributed by atoms with Gasteiger partial charge < -0.3 is 10.2 Å². The largest absolute Gasteiger partial charge is 0.350 e. The maximum Gasteiger partial charge on any atom is 0.244 e. The Morgan fingerprint density at radius 1 is 1.67 bits per heavy atom. The molecule has 0 saturated heterocycles. The van der Waals surface area contributed by atoms with E-state index < -0.39 is 0 Å². The Bertz CT molecular complexity index is 325. The maximum atomic E-state index is 11.2. The van der Waals surface area contributed by atoms with Crippen molar-refractivity contribution in [3.63, 3.8) is 0 Å². The minimum Gasteiger partial charge on any atom is -0.350 e. The van der Waals surface area contributed by atoms with E-state index in [2.05, 4.69) is 15.1 Å². The summed E-state index contributed by atoms with van der Waals surface area (Å²) in [5.41, 5.74) is 0.878. The lowest BCUT2D eigenvalue weighted by Gasteiger charge is -1.99. The van der Waals surface area contributed by atoms with Crippen LogP contribution in [0.4, 0.5) is 0 Å². The van der Waals surface area contributed by atoms with Crippen molar-refractivity contribution < 1.29 is 9.63 Å². The van der Waals surface area contributed by atoms with Crippen molar-refractivity contribution in [2.45, 2.75) is 0 Å². The van der Waals surface area contributed by atoms with Crippen molar-refractivity contribution in [2.75, 3.05) is 13.2 Å². The predicted octanol–water partition coefficient (Wildman–Crippen LogP) is 0.101. The molecule has 80 valence electrons. The first-order chi connectivity index (χ1) is 7.33.